The van der Waals surface area contributed by atoms with Gasteiger partial charge in [0.15, 0.2) is 0 Å². The molecule has 3 rings (SSSR count). The minimum absolute atomic E-state index is 0.165. The van der Waals surface area contributed by atoms with Crippen LogP contribution >= 0.6 is 0 Å². The Morgan fingerprint density at radius 1 is 0.667 bits per heavy atom. The van der Waals surface area contributed by atoms with E-state index in [2.05, 4.69) is 0 Å². The molecule has 21 heavy (non-hydrogen) atoms. The Morgan fingerprint density at radius 2 is 1.10 bits per heavy atom. The smallest absolute Gasteiger partial charge is 0.137 e. The number of furan rings is 1. The summed E-state index contributed by atoms with van der Waals surface area (Å²) in [5, 5.41) is 18.4. The first kappa shape index (κ1) is 13.2. The maximum absolute atomic E-state index is 13.8. The maximum atomic E-state index is 13.8. The van der Waals surface area contributed by atoms with Gasteiger partial charge in [0.1, 0.15) is 34.7 Å². The Labute approximate surface area is 118 Å². The molecule has 0 aliphatic carbocycles. The highest BCUT2D eigenvalue weighted by molar-refractivity contribution is 5.66. The van der Waals surface area contributed by atoms with Crippen molar-refractivity contribution in [2.75, 3.05) is 0 Å². The predicted molar refractivity (Wildman–Crippen MR) is 72.8 cm³/mol. The van der Waals surface area contributed by atoms with Crippen molar-refractivity contribution in [2.24, 2.45) is 0 Å². The molecule has 0 unspecified atom stereocenters. The van der Waals surface area contributed by atoms with Crippen LogP contribution < -0.4 is 0 Å². The molecule has 5 heteroatoms. The van der Waals surface area contributed by atoms with E-state index in [1.54, 1.807) is 0 Å². The van der Waals surface area contributed by atoms with Crippen molar-refractivity contribution in [3.63, 3.8) is 0 Å². The first-order valence-electron chi connectivity index (χ1n) is 6.12. The third-order valence-corrected chi connectivity index (χ3v) is 3.04. The predicted octanol–water partition coefficient (Wildman–Crippen LogP) is 4.30. The van der Waals surface area contributed by atoms with E-state index in [0.717, 1.165) is 12.1 Å². The first-order valence-corrected chi connectivity index (χ1v) is 6.12. The monoisotopic (exact) mass is 288 g/mol. The van der Waals surface area contributed by atoms with Crippen molar-refractivity contribution in [1.82, 2.24) is 0 Å². The van der Waals surface area contributed by atoms with Crippen molar-refractivity contribution in [2.45, 2.75) is 0 Å². The largest absolute Gasteiger partial charge is 0.508 e. The normalized spacial score (nSPS) is 10.8. The van der Waals surface area contributed by atoms with E-state index >= 15 is 0 Å². The minimum Gasteiger partial charge on any atom is -0.508 e. The van der Waals surface area contributed by atoms with Crippen LogP contribution in [0.25, 0.3) is 22.6 Å². The summed E-state index contributed by atoms with van der Waals surface area (Å²) < 4.78 is 33.0. The van der Waals surface area contributed by atoms with Crippen molar-refractivity contribution >= 4 is 0 Å². The van der Waals surface area contributed by atoms with Gasteiger partial charge in [0, 0.05) is 12.1 Å². The van der Waals surface area contributed by atoms with Gasteiger partial charge in [-0.2, -0.15) is 0 Å². The Morgan fingerprint density at radius 3 is 1.48 bits per heavy atom. The average Bonchev–Trinajstić information content (AvgIpc) is 2.87. The molecule has 0 saturated heterocycles. The number of hydrogen-bond donors (Lipinski definition) is 2. The fraction of sp³-hybridized carbons (Fsp3) is 0. The highest BCUT2D eigenvalue weighted by Crippen LogP contribution is 2.33. The minimum atomic E-state index is -0.637. The molecule has 0 aliphatic rings. The Hall–Kier alpha value is -2.82. The van der Waals surface area contributed by atoms with Gasteiger partial charge in [0.05, 0.1) is 11.1 Å². The van der Waals surface area contributed by atoms with Crippen LogP contribution in [-0.2, 0) is 0 Å². The van der Waals surface area contributed by atoms with Crippen LogP contribution in [-0.4, -0.2) is 10.2 Å². The van der Waals surface area contributed by atoms with Gasteiger partial charge in [0.25, 0.3) is 0 Å². The summed E-state index contributed by atoms with van der Waals surface area (Å²) in [5.41, 5.74) is 0.330. The molecule has 1 aromatic heterocycles. The van der Waals surface area contributed by atoms with Crippen molar-refractivity contribution in [3.05, 3.63) is 60.2 Å². The van der Waals surface area contributed by atoms with E-state index in [4.69, 9.17) is 4.42 Å². The van der Waals surface area contributed by atoms with Crippen molar-refractivity contribution in [3.8, 4) is 34.1 Å². The summed E-state index contributed by atoms with van der Waals surface area (Å²) >= 11 is 0. The fourth-order valence-electron chi connectivity index (χ4n) is 2.04. The van der Waals surface area contributed by atoms with E-state index in [9.17, 15) is 19.0 Å². The summed E-state index contributed by atoms with van der Waals surface area (Å²) in [6.45, 7) is 0. The second-order valence-corrected chi connectivity index (χ2v) is 4.49. The van der Waals surface area contributed by atoms with E-state index in [-0.39, 0.29) is 34.1 Å². The molecule has 0 fully saturated rings. The Bertz CT molecular complexity index is 743. The lowest BCUT2D eigenvalue weighted by atomic mass is 10.1. The van der Waals surface area contributed by atoms with Crippen LogP contribution in [0, 0.1) is 11.6 Å². The molecule has 0 spiro atoms. The summed E-state index contributed by atoms with van der Waals surface area (Å²) in [5.74, 6) is -1.21. The van der Waals surface area contributed by atoms with Crippen LogP contribution in [0.2, 0.25) is 0 Å². The van der Waals surface area contributed by atoms with Gasteiger partial charge in [-0.15, -0.1) is 0 Å². The lowest BCUT2D eigenvalue weighted by Crippen LogP contribution is -1.82. The standard InChI is InChI=1S/C16H10F2O3/c17-13-7-9(19)1-3-11(13)15-5-6-16(21-15)12-4-2-10(20)8-14(12)18/h1-8,19-20H. The molecule has 0 saturated carbocycles. The molecule has 106 valence electrons. The molecule has 0 radical (unpaired) electrons. The number of aromatic hydroxyl groups is 2. The van der Waals surface area contributed by atoms with Crippen LogP contribution in [0.5, 0.6) is 11.5 Å². The number of phenolic OH excluding ortho intramolecular Hbond substituents is 2. The first-order chi connectivity index (χ1) is 10.0. The highest BCUT2D eigenvalue weighted by atomic mass is 19.1. The van der Waals surface area contributed by atoms with Gasteiger partial charge in [-0.1, -0.05) is 0 Å². The summed E-state index contributed by atoms with van der Waals surface area (Å²) in [6, 6.07) is 10.4. The molecule has 0 bridgehead atoms. The molecule has 3 aromatic rings. The molecule has 3 nitrogen and oxygen atoms in total. The lowest BCUT2D eigenvalue weighted by molar-refractivity contribution is 0.469. The van der Waals surface area contributed by atoms with Gasteiger partial charge in [0.2, 0.25) is 0 Å². The average molecular weight is 288 g/mol. The third-order valence-electron chi connectivity index (χ3n) is 3.04. The zero-order valence-electron chi connectivity index (χ0n) is 10.7. The van der Waals surface area contributed by atoms with Crippen molar-refractivity contribution in [1.29, 1.82) is 0 Å². The van der Waals surface area contributed by atoms with Gasteiger partial charge in [-0.05, 0) is 36.4 Å². The molecule has 0 atom stereocenters. The number of hydrogen-bond acceptors (Lipinski definition) is 3. The number of benzene rings is 2. The van der Waals surface area contributed by atoms with E-state index in [1.165, 1.54) is 36.4 Å². The molecule has 0 aliphatic heterocycles. The summed E-state index contributed by atoms with van der Waals surface area (Å²) in [4.78, 5) is 0. The summed E-state index contributed by atoms with van der Waals surface area (Å²) in [6.07, 6.45) is 0. The quantitative estimate of drug-likeness (QED) is 0.739. The lowest BCUT2D eigenvalue weighted by Gasteiger charge is -2.02. The molecule has 0 amide bonds. The van der Waals surface area contributed by atoms with Gasteiger partial charge in [-0.3, -0.25) is 0 Å². The molecular formula is C16H10F2O3. The fourth-order valence-corrected chi connectivity index (χ4v) is 2.04. The molecular weight excluding hydrogens is 278 g/mol. The topological polar surface area (TPSA) is 53.6 Å². The van der Waals surface area contributed by atoms with Crippen molar-refractivity contribution < 1.29 is 23.4 Å². The molecule has 2 N–H and O–H groups in total. The Balaban J connectivity index is 2.03. The maximum Gasteiger partial charge on any atom is 0.137 e. The van der Waals surface area contributed by atoms with Crippen LogP contribution in [0.4, 0.5) is 8.78 Å². The number of rotatable bonds is 2. The SMILES string of the molecule is Oc1ccc(-c2ccc(-c3ccc(O)cc3F)o2)c(F)c1. The second-order valence-electron chi connectivity index (χ2n) is 4.49. The van der Waals surface area contributed by atoms with Gasteiger partial charge < -0.3 is 14.6 Å². The molecule has 2 aromatic carbocycles. The van der Waals surface area contributed by atoms with Gasteiger partial charge in [-0.25, -0.2) is 8.78 Å². The van der Waals surface area contributed by atoms with E-state index < -0.39 is 11.6 Å². The van der Waals surface area contributed by atoms with E-state index in [0.29, 0.717) is 0 Å². The Kier molecular flexibility index (Phi) is 3.10. The highest BCUT2D eigenvalue weighted by Gasteiger charge is 2.14. The van der Waals surface area contributed by atoms with E-state index in [1.807, 2.05) is 0 Å². The van der Waals surface area contributed by atoms with Gasteiger partial charge >= 0.3 is 0 Å². The number of phenols is 2. The van der Waals surface area contributed by atoms with Crippen LogP contribution in [0.15, 0.2) is 52.9 Å². The second kappa shape index (κ2) is 4.94. The summed E-state index contributed by atoms with van der Waals surface area (Å²) in [7, 11) is 0. The zero-order valence-corrected chi connectivity index (χ0v) is 10.7. The van der Waals surface area contributed by atoms with Crippen LogP contribution in [0.1, 0.15) is 0 Å². The third kappa shape index (κ3) is 2.45. The molecule has 1 heterocycles. The zero-order chi connectivity index (χ0) is 15.0. The van der Waals surface area contributed by atoms with Crippen LogP contribution in [0.3, 0.4) is 0 Å². The number of halogens is 2.